The fraction of sp³-hybridized carbons (Fsp3) is 0.407. The molecule has 5 nitrogen and oxygen atoms in total. The van der Waals surface area contributed by atoms with Gasteiger partial charge in [-0.05, 0) is 62.1 Å². The molecule has 2 amide bonds. The van der Waals surface area contributed by atoms with Crippen LogP contribution in [0.25, 0.3) is 6.08 Å². The first-order valence-electron chi connectivity index (χ1n) is 11.5. The molecule has 1 aliphatic heterocycles. The number of carbonyl (C=O) groups is 2. The third-order valence-corrected chi connectivity index (χ3v) is 6.83. The maximum atomic E-state index is 13.7. The number of methoxy groups -OCH3 is 1. The number of hydrogen-bond acceptors (Lipinski definition) is 3. The fourth-order valence-electron chi connectivity index (χ4n) is 4.74. The summed E-state index contributed by atoms with van der Waals surface area (Å²) < 4.78 is 5.47. The van der Waals surface area contributed by atoms with Crippen molar-refractivity contribution in [2.75, 3.05) is 12.0 Å². The number of carbonyl (C=O) groups excluding carboxylic acids is 2. The molecule has 2 aromatic rings. The first kappa shape index (κ1) is 22.1. The summed E-state index contributed by atoms with van der Waals surface area (Å²) in [5.41, 5.74) is 2.84. The molecule has 1 saturated heterocycles. The molecule has 0 aromatic heterocycles. The number of nitrogens with zero attached hydrogens (tertiary/aromatic N) is 1. The largest absolute Gasteiger partial charge is 0.496 e. The molecule has 1 aliphatic carbocycles. The van der Waals surface area contributed by atoms with Crippen LogP contribution < -0.4 is 15.0 Å². The van der Waals surface area contributed by atoms with Crippen LogP contribution in [0.2, 0.25) is 0 Å². The van der Waals surface area contributed by atoms with Crippen LogP contribution in [0.15, 0.2) is 48.5 Å². The van der Waals surface area contributed by atoms with Crippen molar-refractivity contribution in [3.8, 4) is 5.75 Å². The molecule has 0 radical (unpaired) electrons. The molecule has 1 unspecified atom stereocenters. The van der Waals surface area contributed by atoms with Gasteiger partial charge in [-0.2, -0.15) is 0 Å². The highest BCUT2D eigenvalue weighted by atomic mass is 16.5. The summed E-state index contributed by atoms with van der Waals surface area (Å²) in [6.07, 6.45) is 9.41. The monoisotopic (exact) mass is 432 g/mol. The standard InChI is InChI=1S/C27H32N2O3/c1-19-13-14-23(17-20(19)2)29-25(30)18-27(29,26(31)28-22-10-5-4-6-11-22)16-15-21-9-7-8-12-24(21)32-3/h7-9,12-17,22H,4-6,10-11,18H2,1-3H3,(H,28,31)/b16-15+. The van der Waals surface area contributed by atoms with Crippen LogP contribution in [0, 0.1) is 13.8 Å². The second-order valence-electron chi connectivity index (χ2n) is 8.98. The molecule has 2 fully saturated rings. The SMILES string of the molecule is COc1ccccc1/C=C/C1(C(=O)NC2CCCCC2)CC(=O)N1c1ccc(C)c(C)c1. The summed E-state index contributed by atoms with van der Waals surface area (Å²) in [7, 11) is 1.63. The molecular weight excluding hydrogens is 400 g/mol. The van der Waals surface area contributed by atoms with Gasteiger partial charge in [0.15, 0.2) is 5.54 Å². The second kappa shape index (κ2) is 9.19. The van der Waals surface area contributed by atoms with Crippen LogP contribution in [0.1, 0.15) is 55.2 Å². The molecule has 0 spiro atoms. The van der Waals surface area contributed by atoms with Gasteiger partial charge >= 0.3 is 0 Å². The van der Waals surface area contributed by atoms with Crippen molar-refractivity contribution in [3.63, 3.8) is 0 Å². The van der Waals surface area contributed by atoms with Gasteiger partial charge in [0.25, 0.3) is 5.91 Å². The zero-order chi connectivity index (χ0) is 22.7. The van der Waals surface area contributed by atoms with Crippen molar-refractivity contribution in [3.05, 3.63) is 65.2 Å². The molecule has 5 heteroatoms. The summed E-state index contributed by atoms with van der Waals surface area (Å²) in [4.78, 5) is 28.2. The Balaban J connectivity index is 1.71. The van der Waals surface area contributed by atoms with Crippen LogP contribution in [-0.4, -0.2) is 30.5 Å². The minimum atomic E-state index is -1.04. The van der Waals surface area contributed by atoms with E-state index in [0.29, 0.717) is 0 Å². The fourth-order valence-corrected chi connectivity index (χ4v) is 4.74. The third kappa shape index (κ3) is 4.16. The highest BCUT2D eigenvalue weighted by molar-refractivity contribution is 6.15. The predicted molar refractivity (Wildman–Crippen MR) is 128 cm³/mol. The number of ether oxygens (including phenoxy) is 1. The number of hydrogen-bond donors (Lipinski definition) is 1. The van der Waals surface area contributed by atoms with Crippen molar-refractivity contribution in [1.82, 2.24) is 5.32 Å². The van der Waals surface area contributed by atoms with Crippen LogP contribution in [-0.2, 0) is 9.59 Å². The lowest BCUT2D eigenvalue weighted by molar-refractivity contribution is -0.137. The maximum Gasteiger partial charge on any atom is 0.251 e. The average Bonchev–Trinajstić information content (AvgIpc) is 2.79. The number of aryl methyl sites for hydroxylation is 2. The van der Waals surface area contributed by atoms with Gasteiger partial charge in [-0.3, -0.25) is 14.5 Å². The smallest absolute Gasteiger partial charge is 0.251 e. The summed E-state index contributed by atoms with van der Waals surface area (Å²) in [5.74, 6) is 0.583. The van der Waals surface area contributed by atoms with E-state index in [1.165, 1.54) is 6.42 Å². The Labute approximate surface area is 190 Å². The van der Waals surface area contributed by atoms with Crippen molar-refractivity contribution in [2.24, 2.45) is 0 Å². The van der Waals surface area contributed by atoms with E-state index in [0.717, 1.165) is 53.8 Å². The van der Waals surface area contributed by atoms with E-state index >= 15 is 0 Å². The Kier molecular flexibility index (Phi) is 6.35. The van der Waals surface area contributed by atoms with Crippen molar-refractivity contribution in [1.29, 1.82) is 0 Å². The molecule has 2 aromatic carbocycles. The second-order valence-corrected chi connectivity index (χ2v) is 8.98. The molecule has 2 aliphatic rings. The van der Waals surface area contributed by atoms with Gasteiger partial charge in [-0.25, -0.2) is 0 Å². The van der Waals surface area contributed by atoms with Crippen LogP contribution in [0.4, 0.5) is 5.69 Å². The maximum absolute atomic E-state index is 13.7. The number of amides is 2. The van der Waals surface area contributed by atoms with Crippen molar-refractivity contribution in [2.45, 2.75) is 64.0 Å². The number of benzene rings is 2. The van der Waals surface area contributed by atoms with Crippen LogP contribution >= 0.6 is 0 Å². The van der Waals surface area contributed by atoms with E-state index in [2.05, 4.69) is 5.32 Å². The molecular formula is C27H32N2O3. The molecule has 1 heterocycles. The summed E-state index contributed by atoms with van der Waals surface area (Å²) in [5, 5.41) is 3.26. The molecule has 168 valence electrons. The molecule has 4 rings (SSSR count). The van der Waals surface area contributed by atoms with E-state index in [1.807, 2.05) is 68.5 Å². The lowest BCUT2D eigenvalue weighted by Gasteiger charge is -2.49. The Morgan fingerprint density at radius 2 is 1.84 bits per heavy atom. The van der Waals surface area contributed by atoms with Gasteiger partial charge in [-0.1, -0.05) is 49.6 Å². The van der Waals surface area contributed by atoms with Gasteiger partial charge in [0, 0.05) is 17.3 Å². The first-order chi connectivity index (χ1) is 15.4. The highest BCUT2D eigenvalue weighted by Gasteiger charge is 2.56. The molecule has 1 saturated carbocycles. The molecule has 32 heavy (non-hydrogen) atoms. The van der Waals surface area contributed by atoms with Gasteiger partial charge in [0.05, 0.1) is 13.5 Å². The molecule has 0 bridgehead atoms. The zero-order valence-corrected chi connectivity index (χ0v) is 19.2. The van der Waals surface area contributed by atoms with Crippen LogP contribution in [0.3, 0.4) is 0 Å². The number of para-hydroxylation sites is 1. The quantitative estimate of drug-likeness (QED) is 0.657. The van der Waals surface area contributed by atoms with Crippen LogP contribution in [0.5, 0.6) is 5.75 Å². The van der Waals surface area contributed by atoms with Crippen molar-refractivity contribution < 1.29 is 14.3 Å². The molecule has 1 N–H and O–H groups in total. The minimum absolute atomic E-state index is 0.0447. The Morgan fingerprint density at radius 3 is 2.53 bits per heavy atom. The predicted octanol–water partition coefficient (Wildman–Crippen LogP) is 4.95. The van der Waals surface area contributed by atoms with E-state index < -0.39 is 5.54 Å². The topological polar surface area (TPSA) is 58.6 Å². The van der Waals surface area contributed by atoms with E-state index in [9.17, 15) is 9.59 Å². The van der Waals surface area contributed by atoms with Gasteiger partial charge < -0.3 is 10.1 Å². The van der Waals surface area contributed by atoms with Gasteiger partial charge in [0.2, 0.25) is 5.91 Å². The Hall–Kier alpha value is -3.08. The number of anilines is 1. The number of rotatable bonds is 6. The lowest BCUT2D eigenvalue weighted by atomic mass is 9.80. The van der Waals surface area contributed by atoms with E-state index in [4.69, 9.17) is 4.74 Å². The average molecular weight is 433 g/mol. The number of β-lactam (4-membered cyclic amide) rings is 1. The van der Waals surface area contributed by atoms with Gasteiger partial charge in [0.1, 0.15) is 5.75 Å². The minimum Gasteiger partial charge on any atom is -0.496 e. The summed E-state index contributed by atoms with van der Waals surface area (Å²) >= 11 is 0. The first-order valence-corrected chi connectivity index (χ1v) is 11.5. The normalized spacial score (nSPS) is 21.5. The zero-order valence-electron chi connectivity index (χ0n) is 19.2. The van der Waals surface area contributed by atoms with Gasteiger partial charge in [-0.15, -0.1) is 0 Å². The lowest BCUT2D eigenvalue weighted by Crippen LogP contribution is -2.70. The molecule has 1 atom stereocenters. The highest BCUT2D eigenvalue weighted by Crippen LogP contribution is 2.40. The Bertz CT molecular complexity index is 1040. The van der Waals surface area contributed by atoms with Crippen molar-refractivity contribution >= 4 is 23.6 Å². The Morgan fingerprint density at radius 1 is 1.09 bits per heavy atom. The third-order valence-electron chi connectivity index (χ3n) is 6.83. The summed E-state index contributed by atoms with van der Waals surface area (Å²) in [6.45, 7) is 4.07. The van der Waals surface area contributed by atoms with E-state index in [-0.39, 0.29) is 24.3 Å². The number of nitrogens with one attached hydrogen (secondary N) is 1. The summed E-state index contributed by atoms with van der Waals surface area (Å²) in [6, 6.07) is 13.8. The van der Waals surface area contributed by atoms with E-state index in [1.54, 1.807) is 12.0 Å².